The molecule has 1 atom stereocenters. The SMILES string of the molecule is Cc1c(CNC(=O)c2cn(CC[C@H]3CCCCN3)nn2)cnn1C. The Bertz CT molecular complexity index is 684. The monoisotopic (exact) mass is 331 g/mol. The zero-order valence-corrected chi connectivity index (χ0v) is 14.3. The molecule has 0 spiro atoms. The van der Waals surface area contributed by atoms with Gasteiger partial charge in [0, 0.05) is 37.4 Å². The molecule has 0 unspecified atom stereocenters. The molecule has 2 N–H and O–H groups in total. The van der Waals surface area contributed by atoms with Crippen LogP contribution in [0, 0.1) is 6.92 Å². The van der Waals surface area contributed by atoms with Crippen LogP contribution >= 0.6 is 0 Å². The van der Waals surface area contributed by atoms with Crippen LogP contribution in [0.4, 0.5) is 0 Å². The van der Waals surface area contributed by atoms with Gasteiger partial charge in [-0.05, 0) is 32.7 Å². The van der Waals surface area contributed by atoms with Gasteiger partial charge in [0.25, 0.3) is 5.91 Å². The van der Waals surface area contributed by atoms with Crippen molar-refractivity contribution in [3.63, 3.8) is 0 Å². The van der Waals surface area contributed by atoms with E-state index < -0.39 is 0 Å². The summed E-state index contributed by atoms with van der Waals surface area (Å²) < 4.78 is 3.54. The van der Waals surface area contributed by atoms with E-state index in [2.05, 4.69) is 26.0 Å². The Balaban J connectivity index is 1.49. The van der Waals surface area contributed by atoms with Gasteiger partial charge in [-0.15, -0.1) is 5.10 Å². The van der Waals surface area contributed by atoms with Crippen molar-refractivity contribution < 1.29 is 4.79 Å². The van der Waals surface area contributed by atoms with Gasteiger partial charge in [0.2, 0.25) is 0 Å². The van der Waals surface area contributed by atoms with Crippen LogP contribution in [0.1, 0.15) is 47.4 Å². The first-order valence-corrected chi connectivity index (χ1v) is 8.52. The molecular formula is C16H25N7O. The lowest BCUT2D eigenvalue weighted by Crippen LogP contribution is -2.34. The average Bonchev–Trinajstić information content (AvgIpc) is 3.20. The Kier molecular flexibility index (Phi) is 5.24. The maximum atomic E-state index is 12.2. The summed E-state index contributed by atoms with van der Waals surface area (Å²) in [4.78, 5) is 12.2. The summed E-state index contributed by atoms with van der Waals surface area (Å²) in [5.41, 5.74) is 2.40. The minimum absolute atomic E-state index is 0.208. The fourth-order valence-electron chi connectivity index (χ4n) is 2.95. The van der Waals surface area contributed by atoms with Gasteiger partial charge >= 0.3 is 0 Å². The van der Waals surface area contributed by atoms with Gasteiger partial charge in [0.15, 0.2) is 5.69 Å². The van der Waals surface area contributed by atoms with Crippen LogP contribution in [-0.4, -0.2) is 43.3 Å². The predicted octanol–water partition coefficient (Wildman–Crippen LogP) is 0.782. The van der Waals surface area contributed by atoms with Crippen LogP contribution in [0.3, 0.4) is 0 Å². The molecule has 8 nitrogen and oxygen atoms in total. The molecule has 0 saturated carbocycles. The molecule has 1 saturated heterocycles. The van der Waals surface area contributed by atoms with E-state index in [1.165, 1.54) is 19.3 Å². The molecule has 1 aliphatic rings. The van der Waals surface area contributed by atoms with Crippen LogP contribution in [0.5, 0.6) is 0 Å². The predicted molar refractivity (Wildman–Crippen MR) is 89.4 cm³/mol. The molecule has 1 amide bonds. The molecule has 3 rings (SSSR count). The number of nitrogens with one attached hydrogen (secondary N) is 2. The van der Waals surface area contributed by atoms with Crippen LogP contribution in [-0.2, 0) is 20.1 Å². The Labute approximate surface area is 141 Å². The molecule has 1 aliphatic heterocycles. The Morgan fingerprint density at radius 2 is 2.33 bits per heavy atom. The third-order valence-electron chi connectivity index (χ3n) is 4.67. The van der Waals surface area contributed by atoms with Gasteiger partial charge in [0.05, 0.1) is 12.4 Å². The number of nitrogens with zero attached hydrogens (tertiary/aromatic N) is 5. The lowest BCUT2D eigenvalue weighted by Gasteiger charge is -2.23. The van der Waals surface area contributed by atoms with Gasteiger partial charge in [-0.25, -0.2) is 0 Å². The smallest absolute Gasteiger partial charge is 0.273 e. The van der Waals surface area contributed by atoms with E-state index in [0.717, 1.165) is 30.8 Å². The summed E-state index contributed by atoms with van der Waals surface area (Å²) in [6.45, 7) is 4.30. The van der Waals surface area contributed by atoms with Crippen LogP contribution < -0.4 is 10.6 Å². The van der Waals surface area contributed by atoms with Crippen molar-refractivity contribution in [2.75, 3.05) is 6.54 Å². The highest BCUT2D eigenvalue weighted by Gasteiger charge is 2.15. The third-order valence-corrected chi connectivity index (χ3v) is 4.67. The van der Waals surface area contributed by atoms with E-state index in [9.17, 15) is 4.79 Å². The minimum atomic E-state index is -0.208. The summed E-state index contributed by atoms with van der Waals surface area (Å²) in [6.07, 6.45) is 8.26. The normalized spacial score (nSPS) is 17.8. The number of piperidine rings is 1. The van der Waals surface area contributed by atoms with Gasteiger partial charge < -0.3 is 10.6 Å². The van der Waals surface area contributed by atoms with Crippen LogP contribution in [0.2, 0.25) is 0 Å². The van der Waals surface area contributed by atoms with E-state index in [1.807, 2.05) is 14.0 Å². The fraction of sp³-hybridized carbons (Fsp3) is 0.625. The summed E-state index contributed by atoms with van der Waals surface area (Å²) in [7, 11) is 1.88. The molecule has 0 aromatic carbocycles. The molecule has 24 heavy (non-hydrogen) atoms. The molecule has 0 bridgehead atoms. The van der Waals surface area contributed by atoms with Gasteiger partial charge in [-0.1, -0.05) is 11.6 Å². The number of aryl methyl sites for hydroxylation is 2. The molecule has 2 aromatic heterocycles. The lowest BCUT2D eigenvalue weighted by molar-refractivity contribution is 0.0946. The van der Waals surface area contributed by atoms with Crippen molar-refractivity contribution in [1.82, 2.24) is 35.4 Å². The fourth-order valence-corrected chi connectivity index (χ4v) is 2.95. The van der Waals surface area contributed by atoms with E-state index in [4.69, 9.17) is 0 Å². The van der Waals surface area contributed by atoms with Crippen LogP contribution in [0.25, 0.3) is 0 Å². The molecule has 2 aromatic rings. The second-order valence-corrected chi connectivity index (χ2v) is 6.36. The highest BCUT2D eigenvalue weighted by atomic mass is 16.2. The third kappa shape index (κ3) is 4.00. The lowest BCUT2D eigenvalue weighted by atomic mass is 10.0. The van der Waals surface area contributed by atoms with E-state index >= 15 is 0 Å². The number of carbonyl (C=O) groups is 1. The second-order valence-electron chi connectivity index (χ2n) is 6.36. The maximum absolute atomic E-state index is 12.2. The first-order valence-electron chi connectivity index (χ1n) is 8.52. The van der Waals surface area contributed by atoms with Gasteiger partial charge in [-0.3, -0.25) is 14.2 Å². The van der Waals surface area contributed by atoms with Crippen molar-refractivity contribution in [3.05, 3.63) is 29.3 Å². The zero-order valence-electron chi connectivity index (χ0n) is 14.3. The standard InChI is InChI=1S/C16H25N7O/c1-12-13(10-19-22(12)2)9-18-16(24)15-11-23(21-20-15)8-6-14-5-3-4-7-17-14/h10-11,14,17H,3-9H2,1-2H3,(H,18,24)/t14-/m1/s1. The van der Waals surface area contributed by atoms with Crippen LogP contribution in [0.15, 0.2) is 12.4 Å². The molecule has 0 radical (unpaired) electrons. The van der Waals surface area contributed by atoms with Gasteiger partial charge in [-0.2, -0.15) is 5.10 Å². The first kappa shape index (κ1) is 16.6. The number of carbonyl (C=O) groups excluding carboxylic acids is 1. The van der Waals surface area contributed by atoms with E-state index in [0.29, 0.717) is 18.3 Å². The molecule has 0 aliphatic carbocycles. The Hall–Kier alpha value is -2.22. The summed E-state index contributed by atoms with van der Waals surface area (Å²) in [6, 6.07) is 0.550. The molecular weight excluding hydrogens is 306 g/mol. The molecule has 130 valence electrons. The highest BCUT2D eigenvalue weighted by Crippen LogP contribution is 2.11. The Morgan fingerprint density at radius 1 is 1.46 bits per heavy atom. The number of aromatic nitrogens is 5. The first-order chi connectivity index (χ1) is 11.6. The molecule has 1 fully saturated rings. The Morgan fingerprint density at radius 3 is 3.04 bits per heavy atom. The molecule has 8 heteroatoms. The molecule has 3 heterocycles. The number of rotatable bonds is 6. The van der Waals surface area contributed by atoms with Crippen molar-refractivity contribution >= 4 is 5.91 Å². The highest BCUT2D eigenvalue weighted by molar-refractivity contribution is 5.91. The number of amides is 1. The van der Waals surface area contributed by atoms with E-state index in [1.54, 1.807) is 21.8 Å². The van der Waals surface area contributed by atoms with Crippen molar-refractivity contribution in [2.24, 2.45) is 7.05 Å². The summed E-state index contributed by atoms with van der Waals surface area (Å²) in [5.74, 6) is -0.208. The van der Waals surface area contributed by atoms with Crippen molar-refractivity contribution in [2.45, 2.75) is 51.7 Å². The summed E-state index contributed by atoms with van der Waals surface area (Å²) in [5, 5.41) is 18.6. The zero-order chi connectivity index (χ0) is 16.9. The minimum Gasteiger partial charge on any atom is -0.346 e. The quantitative estimate of drug-likeness (QED) is 0.816. The maximum Gasteiger partial charge on any atom is 0.273 e. The summed E-state index contributed by atoms with van der Waals surface area (Å²) >= 11 is 0. The van der Waals surface area contributed by atoms with E-state index in [-0.39, 0.29) is 5.91 Å². The average molecular weight is 331 g/mol. The van der Waals surface area contributed by atoms with Crippen molar-refractivity contribution in [3.8, 4) is 0 Å². The largest absolute Gasteiger partial charge is 0.346 e. The number of hydrogen-bond acceptors (Lipinski definition) is 5. The van der Waals surface area contributed by atoms with Crippen molar-refractivity contribution in [1.29, 1.82) is 0 Å². The topological polar surface area (TPSA) is 89.7 Å². The second kappa shape index (κ2) is 7.57. The van der Waals surface area contributed by atoms with Gasteiger partial charge in [0.1, 0.15) is 0 Å². The number of hydrogen-bond donors (Lipinski definition) is 2.